The third-order valence-corrected chi connectivity index (χ3v) is 3.89. The molecule has 1 aromatic heterocycles. The first kappa shape index (κ1) is 12.0. The fraction of sp³-hybridized carbons (Fsp3) is 0.750. The second-order valence-corrected chi connectivity index (χ2v) is 6.29. The van der Waals surface area contributed by atoms with Crippen LogP contribution in [0.15, 0.2) is 5.38 Å². The van der Waals surface area contributed by atoms with Crippen LogP contribution < -0.4 is 5.73 Å². The van der Waals surface area contributed by atoms with Gasteiger partial charge >= 0.3 is 0 Å². The minimum absolute atomic E-state index is 0.0522. The molecule has 1 aliphatic rings. The monoisotopic (exact) mass is 240 g/mol. The summed E-state index contributed by atoms with van der Waals surface area (Å²) in [6.45, 7) is 7.35. The van der Waals surface area contributed by atoms with Crippen LogP contribution in [0.1, 0.15) is 50.4 Å². The lowest BCUT2D eigenvalue weighted by Crippen LogP contribution is -2.25. The standard InChI is InChI=1S/C12H20N2OS/c1-12(2,3)9-7-16-11(14-9)10(13)8-5-4-6-15-8/h7-8,10H,4-6,13H2,1-3H3. The van der Waals surface area contributed by atoms with Crippen LogP contribution in [0, 0.1) is 0 Å². The molecule has 16 heavy (non-hydrogen) atoms. The summed E-state index contributed by atoms with van der Waals surface area (Å²) in [6, 6.07) is -0.0522. The molecule has 2 N–H and O–H groups in total. The molecular weight excluding hydrogens is 220 g/mol. The first-order chi connectivity index (χ1) is 7.48. The smallest absolute Gasteiger partial charge is 0.112 e. The molecule has 4 heteroatoms. The van der Waals surface area contributed by atoms with Crippen LogP contribution >= 0.6 is 11.3 Å². The number of hydrogen-bond donors (Lipinski definition) is 1. The number of hydrogen-bond acceptors (Lipinski definition) is 4. The highest BCUT2D eigenvalue weighted by Gasteiger charge is 2.27. The van der Waals surface area contributed by atoms with Gasteiger partial charge in [0, 0.05) is 17.4 Å². The quantitative estimate of drug-likeness (QED) is 0.864. The molecule has 0 aliphatic carbocycles. The number of thiazole rings is 1. The Balaban J connectivity index is 2.12. The summed E-state index contributed by atoms with van der Waals surface area (Å²) < 4.78 is 5.61. The van der Waals surface area contributed by atoms with Crippen molar-refractivity contribution in [3.8, 4) is 0 Å². The highest BCUT2D eigenvalue weighted by Crippen LogP contribution is 2.30. The van der Waals surface area contributed by atoms with Crippen LogP contribution in [-0.4, -0.2) is 17.7 Å². The molecule has 1 saturated heterocycles. The average molecular weight is 240 g/mol. The molecule has 2 atom stereocenters. The maximum Gasteiger partial charge on any atom is 0.112 e. The molecule has 1 aliphatic heterocycles. The van der Waals surface area contributed by atoms with Gasteiger partial charge in [-0.3, -0.25) is 0 Å². The summed E-state index contributed by atoms with van der Waals surface area (Å²) in [5, 5.41) is 3.13. The Labute approximate surface area is 101 Å². The van der Waals surface area contributed by atoms with Gasteiger partial charge in [-0.1, -0.05) is 20.8 Å². The molecule has 0 spiro atoms. The minimum Gasteiger partial charge on any atom is -0.376 e. The van der Waals surface area contributed by atoms with Gasteiger partial charge in [0.15, 0.2) is 0 Å². The Bertz CT molecular complexity index is 350. The van der Waals surface area contributed by atoms with Gasteiger partial charge in [0.1, 0.15) is 5.01 Å². The summed E-state index contributed by atoms with van der Waals surface area (Å²) in [4.78, 5) is 4.64. The van der Waals surface area contributed by atoms with Crippen LogP contribution in [0.25, 0.3) is 0 Å². The SMILES string of the molecule is CC(C)(C)c1csc(C(N)C2CCCO2)n1. The molecular formula is C12H20N2OS. The van der Waals surface area contributed by atoms with Crippen molar-refractivity contribution in [1.29, 1.82) is 0 Å². The van der Waals surface area contributed by atoms with Crippen LogP contribution in [0.4, 0.5) is 0 Å². The van der Waals surface area contributed by atoms with Crippen LogP contribution in [0.2, 0.25) is 0 Å². The Morgan fingerprint density at radius 2 is 2.31 bits per heavy atom. The van der Waals surface area contributed by atoms with Gasteiger partial charge in [-0.25, -0.2) is 4.98 Å². The van der Waals surface area contributed by atoms with E-state index in [1.165, 1.54) is 0 Å². The van der Waals surface area contributed by atoms with Gasteiger partial charge in [0.2, 0.25) is 0 Å². The van der Waals surface area contributed by atoms with Gasteiger partial charge in [0.05, 0.1) is 17.8 Å². The zero-order valence-electron chi connectivity index (χ0n) is 10.2. The summed E-state index contributed by atoms with van der Waals surface area (Å²) in [7, 11) is 0. The van der Waals surface area contributed by atoms with Crippen molar-refractivity contribution >= 4 is 11.3 Å². The van der Waals surface area contributed by atoms with Gasteiger partial charge in [-0.15, -0.1) is 11.3 Å². The van der Waals surface area contributed by atoms with Crippen molar-refractivity contribution in [2.45, 2.75) is 51.2 Å². The maximum atomic E-state index is 6.18. The van der Waals surface area contributed by atoms with E-state index in [-0.39, 0.29) is 17.6 Å². The van der Waals surface area contributed by atoms with Crippen molar-refractivity contribution in [3.63, 3.8) is 0 Å². The zero-order chi connectivity index (χ0) is 11.8. The molecule has 3 nitrogen and oxygen atoms in total. The van der Waals surface area contributed by atoms with E-state index in [1.54, 1.807) is 11.3 Å². The third kappa shape index (κ3) is 2.44. The second kappa shape index (κ2) is 4.43. The lowest BCUT2D eigenvalue weighted by atomic mass is 9.93. The molecule has 90 valence electrons. The number of nitrogens with two attached hydrogens (primary N) is 1. The summed E-state index contributed by atoms with van der Waals surface area (Å²) >= 11 is 1.66. The summed E-state index contributed by atoms with van der Waals surface area (Å²) in [5.74, 6) is 0. The van der Waals surface area contributed by atoms with Gasteiger partial charge in [0.25, 0.3) is 0 Å². The lowest BCUT2D eigenvalue weighted by molar-refractivity contribution is 0.0899. The van der Waals surface area contributed by atoms with Crippen LogP contribution in [0.3, 0.4) is 0 Å². The Morgan fingerprint density at radius 1 is 1.56 bits per heavy atom. The largest absolute Gasteiger partial charge is 0.376 e. The van der Waals surface area contributed by atoms with Gasteiger partial charge < -0.3 is 10.5 Å². The van der Waals surface area contributed by atoms with Gasteiger partial charge in [-0.05, 0) is 12.8 Å². The number of rotatable bonds is 2. The van der Waals surface area contributed by atoms with E-state index in [2.05, 4.69) is 31.1 Å². The van der Waals surface area contributed by atoms with E-state index < -0.39 is 0 Å². The first-order valence-electron chi connectivity index (χ1n) is 5.81. The molecule has 0 saturated carbocycles. The molecule has 2 rings (SSSR count). The summed E-state index contributed by atoms with van der Waals surface area (Å²) in [5.41, 5.74) is 7.41. The van der Waals surface area contributed by atoms with Crippen LogP contribution in [0.5, 0.6) is 0 Å². The van der Waals surface area contributed by atoms with Gasteiger partial charge in [-0.2, -0.15) is 0 Å². The maximum absolute atomic E-state index is 6.18. The highest BCUT2D eigenvalue weighted by molar-refractivity contribution is 7.09. The first-order valence-corrected chi connectivity index (χ1v) is 6.69. The molecule has 0 amide bonds. The summed E-state index contributed by atoms with van der Waals surface area (Å²) in [6.07, 6.45) is 2.35. The van der Waals surface area contributed by atoms with Crippen molar-refractivity contribution in [1.82, 2.24) is 4.98 Å². The minimum atomic E-state index is -0.0522. The molecule has 2 heterocycles. The average Bonchev–Trinajstić information content (AvgIpc) is 2.87. The lowest BCUT2D eigenvalue weighted by Gasteiger charge is -2.17. The molecule has 0 aromatic carbocycles. The van der Waals surface area contributed by atoms with E-state index >= 15 is 0 Å². The van der Waals surface area contributed by atoms with E-state index in [0.717, 1.165) is 30.2 Å². The Morgan fingerprint density at radius 3 is 2.81 bits per heavy atom. The van der Waals surface area contributed by atoms with Crippen molar-refractivity contribution < 1.29 is 4.74 Å². The third-order valence-electron chi connectivity index (χ3n) is 2.94. The fourth-order valence-electron chi connectivity index (χ4n) is 1.83. The predicted molar refractivity (Wildman–Crippen MR) is 66.7 cm³/mol. The topological polar surface area (TPSA) is 48.1 Å². The highest BCUT2D eigenvalue weighted by atomic mass is 32.1. The van der Waals surface area contributed by atoms with E-state index in [4.69, 9.17) is 10.5 Å². The van der Waals surface area contributed by atoms with E-state index in [0.29, 0.717) is 0 Å². The molecule has 1 fully saturated rings. The van der Waals surface area contributed by atoms with E-state index in [9.17, 15) is 0 Å². The molecule has 1 aromatic rings. The fourth-order valence-corrected chi connectivity index (χ4v) is 2.93. The number of nitrogens with zero attached hydrogens (tertiary/aromatic N) is 1. The zero-order valence-corrected chi connectivity index (χ0v) is 11.0. The molecule has 0 radical (unpaired) electrons. The predicted octanol–water partition coefficient (Wildman–Crippen LogP) is 2.62. The van der Waals surface area contributed by atoms with Crippen LogP contribution in [-0.2, 0) is 10.2 Å². The normalized spacial score (nSPS) is 23.6. The van der Waals surface area contributed by atoms with E-state index in [1.807, 2.05) is 0 Å². The number of ether oxygens (including phenoxy) is 1. The van der Waals surface area contributed by atoms with Crippen molar-refractivity contribution in [2.75, 3.05) is 6.61 Å². The Hall–Kier alpha value is -0.450. The van der Waals surface area contributed by atoms with Crippen molar-refractivity contribution in [2.24, 2.45) is 5.73 Å². The molecule has 2 unspecified atom stereocenters. The molecule has 0 bridgehead atoms. The number of aromatic nitrogens is 1. The second-order valence-electron chi connectivity index (χ2n) is 5.40. The Kier molecular flexibility index (Phi) is 3.33. The van der Waals surface area contributed by atoms with Crippen molar-refractivity contribution in [3.05, 3.63) is 16.1 Å².